The number of allylic oxidation sites excluding steroid dienone is 1. The van der Waals surface area contributed by atoms with Gasteiger partial charge in [-0.3, -0.25) is 9.79 Å². The summed E-state index contributed by atoms with van der Waals surface area (Å²) in [5.41, 5.74) is 11.4. The lowest BCUT2D eigenvalue weighted by molar-refractivity contribution is 0.329. The molecule has 0 spiro atoms. The van der Waals surface area contributed by atoms with Crippen molar-refractivity contribution in [3.63, 3.8) is 0 Å². The first-order chi connectivity index (χ1) is 11.3. The Bertz CT molecular complexity index is 848. The summed E-state index contributed by atoms with van der Waals surface area (Å²) in [6.07, 6.45) is 0.699. The van der Waals surface area contributed by atoms with Crippen molar-refractivity contribution in [1.82, 2.24) is 9.88 Å². The molecule has 2 aromatic rings. The number of nitrogens with two attached hydrogens (primary N) is 1. The quantitative estimate of drug-likeness (QED) is 0.802. The molecule has 128 valence electrons. The van der Waals surface area contributed by atoms with Gasteiger partial charge in [0.2, 0.25) is 0 Å². The predicted molar refractivity (Wildman–Crippen MR) is 101 cm³/mol. The van der Waals surface area contributed by atoms with Gasteiger partial charge < -0.3 is 15.6 Å². The average molecular weight is 326 g/mol. The van der Waals surface area contributed by atoms with Crippen molar-refractivity contribution < 1.29 is 0 Å². The Labute approximate surface area is 142 Å². The summed E-state index contributed by atoms with van der Waals surface area (Å²) >= 11 is 0. The Morgan fingerprint density at radius 1 is 1.33 bits per heavy atom. The van der Waals surface area contributed by atoms with Crippen LogP contribution in [-0.2, 0) is 6.54 Å². The monoisotopic (exact) mass is 326 g/mol. The molecule has 0 saturated heterocycles. The second-order valence-corrected chi connectivity index (χ2v) is 6.43. The molecular weight excluding hydrogens is 300 g/mol. The number of benzene rings is 1. The summed E-state index contributed by atoms with van der Waals surface area (Å²) in [7, 11) is 1.98. The number of aryl methyl sites for hydroxylation is 2. The van der Waals surface area contributed by atoms with Crippen LogP contribution in [0.1, 0.15) is 30.0 Å². The number of aliphatic imine (C=N–C) groups is 1. The number of aromatic nitrogens is 1. The minimum atomic E-state index is -0.0336. The van der Waals surface area contributed by atoms with Gasteiger partial charge in [0.25, 0.3) is 5.56 Å². The van der Waals surface area contributed by atoms with Gasteiger partial charge in [0.05, 0.1) is 11.2 Å². The number of fused-ring (bicyclic) bond motifs is 1. The van der Waals surface area contributed by atoms with Crippen molar-refractivity contribution in [2.45, 2.75) is 33.7 Å². The lowest BCUT2D eigenvalue weighted by atomic mass is 10.1. The lowest BCUT2D eigenvalue weighted by Gasteiger charge is -2.17. The first-order valence-electron chi connectivity index (χ1n) is 8.05. The number of pyridine rings is 1. The summed E-state index contributed by atoms with van der Waals surface area (Å²) in [4.78, 5) is 21.3. The second kappa shape index (κ2) is 7.45. The smallest absolute Gasteiger partial charge is 0.252 e. The molecule has 0 aliphatic heterocycles. The summed E-state index contributed by atoms with van der Waals surface area (Å²) in [6.45, 7) is 10.7. The molecule has 5 heteroatoms. The Kier molecular flexibility index (Phi) is 5.57. The van der Waals surface area contributed by atoms with E-state index >= 15 is 0 Å². The van der Waals surface area contributed by atoms with Crippen molar-refractivity contribution in [1.29, 1.82) is 0 Å². The molecule has 0 atom stereocenters. The van der Waals surface area contributed by atoms with Crippen LogP contribution in [0.3, 0.4) is 0 Å². The molecule has 1 aromatic heterocycles. The highest BCUT2D eigenvalue weighted by Gasteiger charge is 2.09. The molecule has 0 amide bonds. The highest BCUT2D eigenvalue weighted by molar-refractivity contribution is 5.82. The lowest BCUT2D eigenvalue weighted by Crippen LogP contribution is -2.25. The summed E-state index contributed by atoms with van der Waals surface area (Å²) in [5.74, 6) is 0. The fourth-order valence-electron chi connectivity index (χ4n) is 2.81. The van der Waals surface area contributed by atoms with Crippen molar-refractivity contribution in [2.75, 3.05) is 13.6 Å². The van der Waals surface area contributed by atoms with Crippen molar-refractivity contribution in [3.8, 4) is 0 Å². The fourth-order valence-corrected chi connectivity index (χ4v) is 2.81. The first-order valence-corrected chi connectivity index (χ1v) is 8.05. The van der Waals surface area contributed by atoms with Crippen LogP contribution in [0.5, 0.6) is 0 Å². The van der Waals surface area contributed by atoms with Crippen LogP contribution in [0.25, 0.3) is 10.9 Å². The van der Waals surface area contributed by atoms with Crippen LogP contribution in [-0.4, -0.2) is 30.2 Å². The van der Waals surface area contributed by atoms with Crippen molar-refractivity contribution in [2.24, 2.45) is 10.7 Å². The first kappa shape index (κ1) is 17.9. The fraction of sp³-hybridized carbons (Fsp3) is 0.368. The SMILES string of the molecule is C=N/C(C)=C(\N)CCN(C)Cc1cc2cc(C)cc(C)c2[nH]c1=O. The molecule has 0 fully saturated rings. The van der Waals surface area contributed by atoms with Crippen LogP contribution >= 0.6 is 0 Å². The van der Waals surface area contributed by atoms with E-state index in [-0.39, 0.29) is 5.56 Å². The van der Waals surface area contributed by atoms with E-state index < -0.39 is 0 Å². The minimum Gasteiger partial charge on any atom is -0.401 e. The van der Waals surface area contributed by atoms with E-state index in [0.717, 1.165) is 40.0 Å². The van der Waals surface area contributed by atoms with Gasteiger partial charge in [-0.05, 0) is 57.6 Å². The molecule has 2 rings (SSSR count). The minimum absolute atomic E-state index is 0.0336. The van der Waals surface area contributed by atoms with Crippen molar-refractivity contribution in [3.05, 3.63) is 56.6 Å². The molecule has 1 aromatic carbocycles. The zero-order valence-electron chi connectivity index (χ0n) is 14.9. The average Bonchev–Trinajstić information content (AvgIpc) is 2.53. The zero-order valence-corrected chi connectivity index (χ0v) is 14.9. The van der Waals surface area contributed by atoms with E-state index in [9.17, 15) is 4.79 Å². The van der Waals surface area contributed by atoms with Crippen LogP contribution in [0.15, 0.2) is 39.4 Å². The van der Waals surface area contributed by atoms with Crippen LogP contribution in [0, 0.1) is 13.8 Å². The van der Waals surface area contributed by atoms with Crippen molar-refractivity contribution >= 4 is 17.6 Å². The van der Waals surface area contributed by atoms with Gasteiger partial charge in [-0.25, -0.2) is 0 Å². The van der Waals surface area contributed by atoms with E-state index in [4.69, 9.17) is 5.73 Å². The predicted octanol–water partition coefficient (Wildman–Crippen LogP) is 2.86. The summed E-state index contributed by atoms with van der Waals surface area (Å²) < 4.78 is 0. The number of hydrogen-bond acceptors (Lipinski definition) is 4. The topological polar surface area (TPSA) is 74.5 Å². The zero-order chi connectivity index (χ0) is 17.9. The summed E-state index contributed by atoms with van der Waals surface area (Å²) in [6, 6.07) is 6.16. The van der Waals surface area contributed by atoms with Gasteiger partial charge >= 0.3 is 0 Å². The van der Waals surface area contributed by atoms with E-state index in [0.29, 0.717) is 13.0 Å². The number of rotatable bonds is 6. The largest absolute Gasteiger partial charge is 0.401 e. The summed E-state index contributed by atoms with van der Waals surface area (Å²) in [5, 5.41) is 1.07. The molecular formula is C19H26N4O. The van der Waals surface area contributed by atoms with Gasteiger partial charge in [0.15, 0.2) is 0 Å². The highest BCUT2D eigenvalue weighted by Crippen LogP contribution is 2.18. The highest BCUT2D eigenvalue weighted by atomic mass is 16.1. The molecule has 0 aliphatic carbocycles. The van der Waals surface area contributed by atoms with E-state index in [2.05, 4.69) is 40.7 Å². The standard InChI is InChI=1S/C19H26N4O/c1-12-8-13(2)18-15(9-12)10-16(19(24)22-18)11-23(5)7-6-17(20)14(3)21-4/h8-10H,4,6-7,11,20H2,1-3,5H3,(H,22,24)/b17-14-. The Balaban J connectivity index is 2.19. The molecule has 0 unspecified atom stereocenters. The Hall–Kier alpha value is -2.40. The van der Waals surface area contributed by atoms with Gasteiger partial charge in [-0.1, -0.05) is 11.6 Å². The van der Waals surface area contributed by atoms with Crippen LogP contribution in [0.2, 0.25) is 0 Å². The van der Waals surface area contributed by atoms with Gasteiger partial charge in [-0.2, -0.15) is 0 Å². The Morgan fingerprint density at radius 3 is 2.71 bits per heavy atom. The number of hydrogen-bond donors (Lipinski definition) is 2. The van der Waals surface area contributed by atoms with E-state index in [1.54, 1.807) is 0 Å². The van der Waals surface area contributed by atoms with E-state index in [1.807, 2.05) is 27.0 Å². The third-order valence-electron chi connectivity index (χ3n) is 4.28. The number of nitrogens with zero attached hydrogens (tertiary/aromatic N) is 2. The van der Waals surface area contributed by atoms with Gasteiger partial charge in [0, 0.05) is 30.8 Å². The molecule has 0 saturated carbocycles. The molecule has 3 N–H and O–H groups in total. The maximum absolute atomic E-state index is 12.4. The number of nitrogens with one attached hydrogen (secondary N) is 1. The van der Waals surface area contributed by atoms with Crippen LogP contribution in [0.4, 0.5) is 0 Å². The number of H-pyrrole nitrogens is 1. The van der Waals surface area contributed by atoms with Gasteiger partial charge in [-0.15, -0.1) is 0 Å². The molecule has 0 bridgehead atoms. The Morgan fingerprint density at radius 2 is 2.04 bits per heavy atom. The third kappa shape index (κ3) is 4.11. The molecule has 0 radical (unpaired) electrons. The van der Waals surface area contributed by atoms with Crippen LogP contribution < -0.4 is 11.3 Å². The van der Waals surface area contributed by atoms with E-state index in [1.165, 1.54) is 5.56 Å². The maximum Gasteiger partial charge on any atom is 0.252 e. The molecule has 24 heavy (non-hydrogen) atoms. The third-order valence-corrected chi connectivity index (χ3v) is 4.28. The van der Waals surface area contributed by atoms with Gasteiger partial charge in [0.1, 0.15) is 0 Å². The molecule has 0 aliphatic rings. The number of aromatic amines is 1. The molecule has 5 nitrogen and oxygen atoms in total. The maximum atomic E-state index is 12.4. The molecule has 1 heterocycles. The normalized spacial score (nSPS) is 12.5. The second-order valence-electron chi connectivity index (χ2n) is 6.43.